The van der Waals surface area contributed by atoms with Gasteiger partial charge in [0.2, 0.25) is 0 Å². The first kappa shape index (κ1) is 15.5. The third-order valence-corrected chi connectivity index (χ3v) is 2.54. The van der Waals surface area contributed by atoms with Gasteiger partial charge in [-0.05, 0) is 13.3 Å². The van der Waals surface area contributed by atoms with Gasteiger partial charge in [-0.3, -0.25) is 0 Å². The van der Waals surface area contributed by atoms with Gasteiger partial charge in [-0.25, -0.2) is 8.78 Å². The summed E-state index contributed by atoms with van der Waals surface area (Å²) in [5.41, 5.74) is 0. The van der Waals surface area contributed by atoms with E-state index >= 15 is 0 Å². The zero-order valence-electron chi connectivity index (χ0n) is 10.00. The lowest BCUT2D eigenvalue weighted by Gasteiger charge is -2.25. The maximum absolute atomic E-state index is 13.4. The topological polar surface area (TPSA) is 40.5 Å². The number of aliphatic hydroxyl groups excluding tert-OH is 2. The monoisotopic (exact) mass is 236 g/mol. The molecule has 0 aliphatic carbocycles. The van der Waals surface area contributed by atoms with Crippen molar-refractivity contribution in [2.75, 3.05) is 0 Å². The summed E-state index contributed by atoms with van der Waals surface area (Å²) in [6.07, 6.45) is 2.10. The van der Waals surface area contributed by atoms with Crippen molar-refractivity contribution in [3.05, 3.63) is 12.2 Å². The maximum atomic E-state index is 13.4. The highest BCUT2D eigenvalue weighted by atomic mass is 19.3. The van der Waals surface area contributed by atoms with Gasteiger partial charge in [0.1, 0.15) is 12.2 Å². The van der Waals surface area contributed by atoms with E-state index in [0.717, 1.165) is 25.3 Å². The van der Waals surface area contributed by atoms with Crippen LogP contribution in [0.15, 0.2) is 12.2 Å². The van der Waals surface area contributed by atoms with Crippen LogP contribution in [0, 0.1) is 0 Å². The minimum absolute atomic E-state index is 0.0294. The summed E-state index contributed by atoms with van der Waals surface area (Å²) in [5.74, 6) is -3.46. The van der Waals surface area contributed by atoms with E-state index < -0.39 is 18.1 Å². The predicted octanol–water partition coefficient (Wildman–Crippen LogP) is 2.89. The largest absolute Gasteiger partial charge is 0.387 e. The van der Waals surface area contributed by atoms with Crippen LogP contribution in [0.2, 0.25) is 0 Å². The first-order valence-electron chi connectivity index (χ1n) is 5.83. The summed E-state index contributed by atoms with van der Waals surface area (Å²) in [4.78, 5) is 0. The SMILES string of the molecule is C/C=C/[C@@H](O)C(F)(F)[C@H](O)CCCCCC. The Morgan fingerprint density at radius 1 is 1.19 bits per heavy atom. The van der Waals surface area contributed by atoms with E-state index in [9.17, 15) is 13.9 Å². The van der Waals surface area contributed by atoms with E-state index in [1.54, 1.807) is 6.92 Å². The molecule has 2 atom stereocenters. The molecule has 0 saturated carbocycles. The Balaban J connectivity index is 4.07. The molecule has 0 aliphatic rings. The zero-order chi connectivity index (χ0) is 12.6. The second-order valence-electron chi connectivity index (χ2n) is 4.01. The van der Waals surface area contributed by atoms with Crippen molar-refractivity contribution in [3.63, 3.8) is 0 Å². The Bertz CT molecular complexity index is 205. The molecule has 0 bridgehead atoms. The molecule has 4 heteroatoms. The van der Waals surface area contributed by atoms with E-state index in [-0.39, 0.29) is 6.42 Å². The van der Waals surface area contributed by atoms with Gasteiger partial charge in [-0.2, -0.15) is 0 Å². The molecule has 0 aromatic carbocycles. The van der Waals surface area contributed by atoms with Gasteiger partial charge in [0.05, 0.1) is 0 Å². The average molecular weight is 236 g/mol. The number of hydrogen-bond acceptors (Lipinski definition) is 2. The fourth-order valence-electron chi connectivity index (χ4n) is 1.46. The minimum atomic E-state index is -3.46. The fraction of sp³-hybridized carbons (Fsp3) is 0.833. The van der Waals surface area contributed by atoms with Crippen LogP contribution < -0.4 is 0 Å². The smallest absolute Gasteiger partial charge is 0.302 e. The molecule has 16 heavy (non-hydrogen) atoms. The Morgan fingerprint density at radius 3 is 2.31 bits per heavy atom. The molecular formula is C12H22F2O2. The zero-order valence-corrected chi connectivity index (χ0v) is 10.00. The first-order chi connectivity index (χ1) is 7.46. The molecule has 2 nitrogen and oxygen atoms in total. The molecule has 0 aliphatic heterocycles. The molecule has 0 spiro atoms. The minimum Gasteiger partial charge on any atom is -0.387 e. The highest BCUT2D eigenvalue weighted by Crippen LogP contribution is 2.27. The van der Waals surface area contributed by atoms with Crippen LogP contribution in [-0.4, -0.2) is 28.3 Å². The van der Waals surface area contributed by atoms with Crippen LogP contribution in [0.1, 0.15) is 46.0 Å². The molecule has 0 rings (SSSR count). The van der Waals surface area contributed by atoms with Crippen LogP contribution in [0.4, 0.5) is 8.78 Å². The average Bonchev–Trinajstić information content (AvgIpc) is 2.24. The maximum Gasteiger partial charge on any atom is 0.302 e. The van der Waals surface area contributed by atoms with Crippen molar-refractivity contribution in [2.24, 2.45) is 0 Å². The summed E-state index contributed by atoms with van der Waals surface area (Å²) in [5, 5.41) is 18.5. The summed E-state index contributed by atoms with van der Waals surface area (Å²) in [6.45, 7) is 3.58. The molecule has 0 aromatic heterocycles. The molecule has 2 N–H and O–H groups in total. The van der Waals surface area contributed by atoms with E-state index in [1.165, 1.54) is 6.08 Å². The van der Waals surface area contributed by atoms with Crippen LogP contribution in [0.3, 0.4) is 0 Å². The molecule has 0 aromatic rings. The standard InChI is InChI=1S/C12H22F2O2/c1-3-5-6-7-9-11(16)12(13,14)10(15)8-4-2/h4,8,10-11,15-16H,3,5-7,9H2,1-2H3/b8-4+/t10-,11-/m1/s1. The van der Waals surface area contributed by atoms with E-state index in [1.807, 2.05) is 6.92 Å². The lowest BCUT2D eigenvalue weighted by atomic mass is 10.0. The van der Waals surface area contributed by atoms with Crippen molar-refractivity contribution in [3.8, 4) is 0 Å². The van der Waals surface area contributed by atoms with Crippen molar-refractivity contribution >= 4 is 0 Å². The number of hydrogen-bond donors (Lipinski definition) is 2. The molecule has 0 saturated heterocycles. The predicted molar refractivity (Wildman–Crippen MR) is 60.5 cm³/mol. The molecule has 96 valence electrons. The highest BCUT2D eigenvalue weighted by molar-refractivity contribution is 4.97. The number of unbranched alkanes of at least 4 members (excludes halogenated alkanes) is 3. The van der Waals surface area contributed by atoms with Crippen molar-refractivity contribution in [1.82, 2.24) is 0 Å². The lowest BCUT2D eigenvalue weighted by Crippen LogP contribution is -2.43. The van der Waals surface area contributed by atoms with Crippen LogP contribution in [0.25, 0.3) is 0 Å². The van der Waals surface area contributed by atoms with Gasteiger partial charge < -0.3 is 10.2 Å². The molecule has 0 amide bonds. The van der Waals surface area contributed by atoms with Crippen molar-refractivity contribution < 1.29 is 19.0 Å². The second kappa shape index (κ2) is 7.74. The van der Waals surface area contributed by atoms with E-state index in [0.29, 0.717) is 6.42 Å². The van der Waals surface area contributed by atoms with Gasteiger partial charge in [0.15, 0.2) is 0 Å². The van der Waals surface area contributed by atoms with Crippen molar-refractivity contribution in [1.29, 1.82) is 0 Å². The molecule has 0 heterocycles. The van der Waals surface area contributed by atoms with Crippen LogP contribution >= 0.6 is 0 Å². The number of halogens is 2. The van der Waals surface area contributed by atoms with Gasteiger partial charge in [-0.15, -0.1) is 0 Å². The molecular weight excluding hydrogens is 214 g/mol. The number of aliphatic hydroxyl groups is 2. The molecule has 0 fully saturated rings. The van der Waals surface area contributed by atoms with Crippen molar-refractivity contribution in [2.45, 2.75) is 64.1 Å². The van der Waals surface area contributed by atoms with Gasteiger partial charge >= 0.3 is 5.92 Å². The molecule has 0 unspecified atom stereocenters. The Hall–Kier alpha value is -0.480. The summed E-state index contributed by atoms with van der Waals surface area (Å²) in [7, 11) is 0. The van der Waals surface area contributed by atoms with Crippen LogP contribution in [-0.2, 0) is 0 Å². The van der Waals surface area contributed by atoms with E-state index in [2.05, 4.69) is 0 Å². The third kappa shape index (κ3) is 5.03. The Labute approximate surface area is 96.0 Å². The first-order valence-corrected chi connectivity index (χ1v) is 5.83. The number of allylic oxidation sites excluding steroid dienone is 1. The number of rotatable bonds is 8. The summed E-state index contributed by atoms with van der Waals surface area (Å²) >= 11 is 0. The molecule has 0 radical (unpaired) electrons. The lowest BCUT2D eigenvalue weighted by molar-refractivity contribution is -0.163. The normalized spacial score (nSPS) is 16.6. The second-order valence-corrected chi connectivity index (χ2v) is 4.01. The quantitative estimate of drug-likeness (QED) is 0.502. The van der Waals surface area contributed by atoms with Gasteiger partial charge in [-0.1, -0.05) is 44.8 Å². The fourth-order valence-corrected chi connectivity index (χ4v) is 1.46. The Kier molecular flexibility index (Phi) is 7.51. The Morgan fingerprint density at radius 2 is 1.81 bits per heavy atom. The highest BCUT2D eigenvalue weighted by Gasteiger charge is 2.43. The van der Waals surface area contributed by atoms with E-state index in [4.69, 9.17) is 5.11 Å². The number of alkyl halides is 2. The summed E-state index contributed by atoms with van der Waals surface area (Å²) in [6, 6.07) is 0. The summed E-state index contributed by atoms with van der Waals surface area (Å²) < 4.78 is 26.7. The van der Waals surface area contributed by atoms with Crippen LogP contribution in [0.5, 0.6) is 0 Å². The third-order valence-electron chi connectivity index (χ3n) is 2.54. The van der Waals surface area contributed by atoms with Gasteiger partial charge in [0.25, 0.3) is 0 Å². The van der Waals surface area contributed by atoms with Gasteiger partial charge in [0, 0.05) is 0 Å².